The maximum Gasteiger partial charge on any atom is 0.270 e. The van der Waals surface area contributed by atoms with Crippen LogP contribution in [0.3, 0.4) is 0 Å². The summed E-state index contributed by atoms with van der Waals surface area (Å²) in [5, 5.41) is 13.8. The first kappa shape index (κ1) is 19.7. The number of hydrogen-bond acceptors (Lipinski definition) is 4. The largest absolute Gasteiger partial charge is 0.491 e. The van der Waals surface area contributed by atoms with E-state index in [4.69, 9.17) is 16.3 Å². The van der Waals surface area contributed by atoms with Crippen LogP contribution in [0.1, 0.15) is 43.0 Å². The van der Waals surface area contributed by atoms with Crippen LogP contribution in [0.2, 0.25) is 5.02 Å². The summed E-state index contributed by atoms with van der Waals surface area (Å²) in [5.74, 6) is 0.0274. The standard InChI is InChI=1S/C19H21ClN2O4/c1-2-3-4-7-12-26-18-9-6-5-8-17(18)21-19(23)15-13-14(22(24)25)10-11-16(15)20/h5-6,8-11,13H,2-4,7,12H2,1H3,(H,21,23). The van der Waals surface area contributed by atoms with Gasteiger partial charge in [0.15, 0.2) is 0 Å². The number of para-hydroxylation sites is 2. The minimum Gasteiger partial charge on any atom is -0.491 e. The second-order valence-electron chi connectivity index (χ2n) is 5.78. The number of nitrogens with one attached hydrogen (secondary N) is 1. The monoisotopic (exact) mass is 376 g/mol. The normalized spacial score (nSPS) is 10.4. The minimum absolute atomic E-state index is 0.0404. The number of non-ortho nitro benzene ring substituents is 1. The molecule has 7 heteroatoms. The van der Waals surface area contributed by atoms with Gasteiger partial charge in [-0.2, -0.15) is 0 Å². The Bertz CT molecular complexity index is 780. The second-order valence-corrected chi connectivity index (χ2v) is 6.19. The lowest BCUT2D eigenvalue weighted by molar-refractivity contribution is -0.384. The zero-order valence-electron chi connectivity index (χ0n) is 14.5. The Hall–Kier alpha value is -2.60. The van der Waals surface area contributed by atoms with Gasteiger partial charge < -0.3 is 10.1 Å². The quantitative estimate of drug-likeness (QED) is 0.358. The Kier molecular flexibility index (Phi) is 7.41. The van der Waals surface area contributed by atoms with Gasteiger partial charge in [0.2, 0.25) is 0 Å². The van der Waals surface area contributed by atoms with E-state index in [1.165, 1.54) is 12.1 Å². The lowest BCUT2D eigenvalue weighted by Gasteiger charge is -2.13. The molecule has 138 valence electrons. The highest BCUT2D eigenvalue weighted by Gasteiger charge is 2.17. The molecule has 0 fully saturated rings. The summed E-state index contributed by atoms with van der Waals surface area (Å²) in [6.07, 6.45) is 4.34. The lowest BCUT2D eigenvalue weighted by Crippen LogP contribution is -2.14. The average molecular weight is 377 g/mol. The van der Waals surface area contributed by atoms with Crippen molar-refractivity contribution in [2.45, 2.75) is 32.6 Å². The second kappa shape index (κ2) is 9.77. The van der Waals surface area contributed by atoms with Crippen molar-refractivity contribution < 1.29 is 14.5 Å². The molecule has 0 aliphatic carbocycles. The van der Waals surface area contributed by atoms with Crippen LogP contribution in [0.4, 0.5) is 11.4 Å². The van der Waals surface area contributed by atoms with Crippen LogP contribution in [-0.2, 0) is 0 Å². The first-order valence-electron chi connectivity index (χ1n) is 8.50. The van der Waals surface area contributed by atoms with Gasteiger partial charge in [-0.3, -0.25) is 14.9 Å². The maximum atomic E-state index is 12.5. The molecule has 0 aliphatic heterocycles. The Morgan fingerprint density at radius 3 is 2.69 bits per heavy atom. The molecule has 0 bridgehead atoms. The molecule has 0 atom stereocenters. The summed E-state index contributed by atoms with van der Waals surface area (Å²) in [6, 6.07) is 10.8. The number of benzene rings is 2. The van der Waals surface area contributed by atoms with Gasteiger partial charge in [-0.15, -0.1) is 0 Å². The van der Waals surface area contributed by atoms with Crippen LogP contribution in [0.25, 0.3) is 0 Å². The molecule has 2 aromatic carbocycles. The fourth-order valence-corrected chi connectivity index (χ4v) is 2.60. The molecule has 1 N–H and O–H groups in total. The number of rotatable bonds is 9. The number of carbonyl (C=O) groups excluding carboxylic acids is 1. The zero-order valence-corrected chi connectivity index (χ0v) is 15.3. The van der Waals surface area contributed by atoms with Gasteiger partial charge in [-0.05, 0) is 24.6 Å². The van der Waals surface area contributed by atoms with Gasteiger partial charge in [-0.25, -0.2) is 0 Å². The van der Waals surface area contributed by atoms with Crippen molar-refractivity contribution in [1.29, 1.82) is 0 Å². The van der Waals surface area contributed by atoms with Crippen molar-refractivity contribution in [3.63, 3.8) is 0 Å². The number of anilines is 1. The summed E-state index contributed by atoms with van der Waals surface area (Å²) in [4.78, 5) is 22.8. The highest BCUT2D eigenvalue weighted by molar-refractivity contribution is 6.34. The first-order valence-corrected chi connectivity index (χ1v) is 8.88. The topological polar surface area (TPSA) is 81.5 Å². The van der Waals surface area contributed by atoms with E-state index >= 15 is 0 Å². The fraction of sp³-hybridized carbons (Fsp3) is 0.316. The highest BCUT2D eigenvalue weighted by Crippen LogP contribution is 2.27. The number of nitrogens with zero attached hydrogens (tertiary/aromatic N) is 1. The smallest absolute Gasteiger partial charge is 0.270 e. The molecule has 0 saturated heterocycles. The Balaban J connectivity index is 2.10. The number of carbonyl (C=O) groups is 1. The van der Waals surface area contributed by atoms with Crippen molar-refractivity contribution in [2.75, 3.05) is 11.9 Å². The van der Waals surface area contributed by atoms with E-state index in [1.54, 1.807) is 18.2 Å². The first-order chi connectivity index (χ1) is 12.5. The van der Waals surface area contributed by atoms with Crippen molar-refractivity contribution in [2.24, 2.45) is 0 Å². The molecule has 2 rings (SSSR count). The third-order valence-corrected chi connectivity index (χ3v) is 4.13. The number of hydrogen-bond donors (Lipinski definition) is 1. The van der Waals surface area contributed by atoms with E-state index in [0.29, 0.717) is 18.0 Å². The lowest BCUT2D eigenvalue weighted by atomic mass is 10.1. The summed E-state index contributed by atoms with van der Waals surface area (Å²) >= 11 is 6.02. The van der Waals surface area contributed by atoms with Gasteiger partial charge >= 0.3 is 0 Å². The molecule has 0 spiro atoms. The van der Waals surface area contributed by atoms with Crippen molar-refractivity contribution in [3.05, 3.63) is 63.2 Å². The predicted molar refractivity (Wildman–Crippen MR) is 102 cm³/mol. The van der Waals surface area contributed by atoms with Gasteiger partial charge in [0, 0.05) is 12.1 Å². The van der Waals surface area contributed by atoms with Crippen molar-refractivity contribution in [1.82, 2.24) is 0 Å². The number of nitro groups is 1. The van der Waals surface area contributed by atoms with E-state index in [-0.39, 0.29) is 16.3 Å². The summed E-state index contributed by atoms with van der Waals surface area (Å²) in [6.45, 7) is 2.70. The summed E-state index contributed by atoms with van der Waals surface area (Å²) < 4.78 is 5.76. The SMILES string of the molecule is CCCCCCOc1ccccc1NC(=O)c1cc([N+](=O)[O-])ccc1Cl. The van der Waals surface area contributed by atoms with Gasteiger partial charge in [0.05, 0.1) is 27.8 Å². The molecule has 26 heavy (non-hydrogen) atoms. The number of unbranched alkanes of at least 4 members (excludes halogenated alkanes) is 3. The maximum absolute atomic E-state index is 12.5. The van der Waals surface area contributed by atoms with Gasteiger partial charge in [0.25, 0.3) is 11.6 Å². The third kappa shape index (κ3) is 5.46. The summed E-state index contributed by atoms with van der Waals surface area (Å²) in [7, 11) is 0. The molecule has 0 aliphatic rings. The van der Waals surface area contributed by atoms with E-state index in [0.717, 1.165) is 31.7 Å². The molecule has 0 radical (unpaired) electrons. The van der Waals surface area contributed by atoms with E-state index in [9.17, 15) is 14.9 Å². The molecule has 6 nitrogen and oxygen atoms in total. The minimum atomic E-state index is -0.569. The molecule has 0 heterocycles. The van der Waals surface area contributed by atoms with Crippen LogP contribution >= 0.6 is 11.6 Å². The van der Waals surface area contributed by atoms with Crippen LogP contribution in [0, 0.1) is 10.1 Å². The number of amides is 1. The number of nitro benzene ring substituents is 1. The molecule has 2 aromatic rings. The predicted octanol–water partition coefficient (Wildman–Crippen LogP) is 5.46. The number of ether oxygens (including phenoxy) is 1. The third-order valence-electron chi connectivity index (χ3n) is 3.80. The van der Waals surface area contributed by atoms with Crippen LogP contribution in [0.5, 0.6) is 5.75 Å². The van der Waals surface area contributed by atoms with E-state index < -0.39 is 10.8 Å². The van der Waals surface area contributed by atoms with Gasteiger partial charge in [0.1, 0.15) is 5.75 Å². The molecule has 0 unspecified atom stereocenters. The fourth-order valence-electron chi connectivity index (χ4n) is 2.40. The molecule has 0 aromatic heterocycles. The zero-order chi connectivity index (χ0) is 18.9. The molecule has 0 saturated carbocycles. The van der Waals surface area contributed by atoms with Crippen LogP contribution in [0.15, 0.2) is 42.5 Å². The average Bonchev–Trinajstić information content (AvgIpc) is 2.63. The van der Waals surface area contributed by atoms with Gasteiger partial charge in [-0.1, -0.05) is 49.9 Å². The Morgan fingerprint density at radius 1 is 1.19 bits per heavy atom. The summed E-state index contributed by atoms with van der Waals surface area (Å²) in [5.41, 5.74) is 0.342. The molecular formula is C19H21ClN2O4. The molecular weight excluding hydrogens is 356 g/mol. The van der Waals surface area contributed by atoms with Crippen molar-refractivity contribution in [3.8, 4) is 5.75 Å². The van der Waals surface area contributed by atoms with E-state index in [1.807, 2.05) is 6.07 Å². The highest BCUT2D eigenvalue weighted by atomic mass is 35.5. The number of halogens is 1. The van der Waals surface area contributed by atoms with Crippen molar-refractivity contribution >= 4 is 28.9 Å². The Labute approximate surface area is 157 Å². The molecule has 1 amide bonds. The van der Waals surface area contributed by atoms with Crippen LogP contribution in [-0.4, -0.2) is 17.4 Å². The Morgan fingerprint density at radius 2 is 1.96 bits per heavy atom. The van der Waals surface area contributed by atoms with Crippen LogP contribution < -0.4 is 10.1 Å². The van der Waals surface area contributed by atoms with E-state index in [2.05, 4.69) is 12.2 Å².